The molecule has 0 aliphatic carbocycles. The maximum absolute atomic E-state index is 14.0. The third-order valence-electron chi connectivity index (χ3n) is 6.05. The lowest BCUT2D eigenvalue weighted by Crippen LogP contribution is -2.54. The summed E-state index contributed by atoms with van der Waals surface area (Å²) in [5, 5.41) is 2.87. The molecule has 3 rings (SSSR count). The van der Waals surface area contributed by atoms with Crippen LogP contribution in [-0.4, -0.2) is 50.0 Å². The lowest BCUT2D eigenvalue weighted by atomic mass is 10.0. The van der Waals surface area contributed by atoms with Gasteiger partial charge in [0.2, 0.25) is 21.8 Å². The Morgan fingerprint density at radius 3 is 2.10 bits per heavy atom. The molecule has 3 aromatic carbocycles. The molecule has 1 N–H and O–H groups in total. The number of sulfonamides is 1. The normalized spacial score (nSPS) is 12.2. The minimum Gasteiger partial charge on any atom is -0.352 e. The molecule has 0 aromatic heterocycles. The Balaban J connectivity index is 2.06. The van der Waals surface area contributed by atoms with Crippen molar-refractivity contribution < 1.29 is 26.8 Å². The molecule has 0 spiro atoms. The maximum atomic E-state index is 14.0. The van der Waals surface area contributed by atoms with Gasteiger partial charge in [0.1, 0.15) is 12.6 Å². The van der Waals surface area contributed by atoms with E-state index in [0.29, 0.717) is 4.31 Å². The van der Waals surface area contributed by atoms with Crippen LogP contribution in [0.25, 0.3) is 0 Å². The monoisotopic (exact) mass is 557 g/mol. The predicted octanol–water partition coefficient (Wildman–Crippen LogP) is 4.20. The molecule has 0 aliphatic rings. The summed E-state index contributed by atoms with van der Waals surface area (Å²) in [6, 6.07) is 18.0. The van der Waals surface area contributed by atoms with Gasteiger partial charge in [-0.15, -0.1) is 0 Å². The van der Waals surface area contributed by atoms with E-state index in [4.69, 9.17) is 0 Å². The van der Waals surface area contributed by atoms with Gasteiger partial charge in [0, 0.05) is 25.1 Å². The summed E-state index contributed by atoms with van der Waals surface area (Å²) in [5.74, 6) is -3.46. The molecule has 2 amide bonds. The molecule has 7 nitrogen and oxygen atoms in total. The van der Waals surface area contributed by atoms with Crippen LogP contribution in [0.3, 0.4) is 0 Å². The van der Waals surface area contributed by atoms with Crippen LogP contribution in [0.5, 0.6) is 0 Å². The van der Waals surface area contributed by atoms with E-state index in [1.165, 1.54) is 4.90 Å². The predicted molar refractivity (Wildman–Crippen MR) is 147 cm³/mol. The fraction of sp³-hybridized carbons (Fsp3) is 0.310. The van der Waals surface area contributed by atoms with E-state index in [-0.39, 0.29) is 24.7 Å². The maximum Gasteiger partial charge on any atom is 0.244 e. The van der Waals surface area contributed by atoms with E-state index in [0.717, 1.165) is 41.1 Å². The van der Waals surface area contributed by atoms with Crippen molar-refractivity contribution in [3.05, 3.63) is 101 Å². The number of rotatable bonds is 11. The SMILES string of the molecule is Cc1ccc(CN(C(=O)CN(c2ccc(F)c(F)c2)S(C)(=O)=O)[C@@H](Cc2ccccc2)C(=O)NC(C)C)cc1. The quantitative estimate of drug-likeness (QED) is 0.383. The van der Waals surface area contributed by atoms with Crippen molar-refractivity contribution in [1.29, 1.82) is 0 Å². The highest BCUT2D eigenvalue weighted by molar-refractivity contribution is 7.92. The average Bonchev–Trinajstić information content (AvgIpc) is 2.87. The fourth-order valence-corrected chi connectivity index (χ4v) is 4.92. The molecule has 0 saturated carbocycles. The van der Waals surface area contributed by atoms with Gasteiger partial charge >= 0.3 is 0 Å². The fourth-order valence-electron chi connectivity index (χ4n) is 4.08. The average molecular weight is 558 g/mol. The highest BCUT2D eigenvalue weighted by Crippen LogP contribution is 2.22. The van der Waals surface area contributed by atoms with E-state index in [9.17, 15) is 26.8 Å². The second kappa shape index (κ2) is 12.8. The molecule has 208 valence electrons. The third kappa shape index (κ3) is 8.35. The van der Waals surface area contributed by atoms with Gasteiger partial charge in [-0.3, -0.25) is 13.9 Å². The molecule has 1 atom stereocenters. The molecule has 39 heavy (non-hydrogen) atoms. The topological polar surface area (TPSA) is 86.8 Å². The Bertz CT molecular complexity index is 1400. The van der Waals surface area contributed by atoms with Gasteiger partial charge in [-0.2, -0.15) is 0 Å². The van der Waals surface area contributed by atoms with Crippen LogP contribution in [-0.2, 0) is 32.6 Å². The third-order valence-corrected chi connectivity index (χ3v) is 7.19. The second-order valence-corrected chi connectivity index (χ2v) is 11.7. The first-order valence-electron chi connectivity index (χ1n) is 12.5. The number of carbonyl (C=O) groups is 2. The highest BCUT2D eigenvalue weighted by Gasteiger charge is 2.33. The lowest BCUT2D eigenvalue weighted by Gasteiger charge is -2.34. The van der Waals surface area contributed by atoms with Crippen LogP contribution in [0.4, 0.5) is 14.5 Å². The zero-order valence-corrected chi connectivity index (χ0v) is 23.2. The van der Waals surface area contributed by atoms with Gasteiger partial charge in [-0.25, -0.2) is 17.2 Å². The number of hydrogen-bond acceptors (Lipinski definition) is 4. The summed E-state index contributed by atoms with van der Waals surface area (Å²) in [5.41, 5.74) is 2.36. The summed E-state index contributed by atoms with van der Waals surface area (Å²) < 4.78 is 53.6. The van der Waals surface area contributed by atoms with E-state index in [1.807, 2.05) is 61.5 Å². The minimum atomic E-state index is -4.08. The molecule has 0 radical (unpaired) electrons. The molecule has 0 bridgehead atoms. The van der Waals surface area contributed by atoms with E-state index in [1.54, 1.807) is 13.8 Å². The summed E-state index contributed by atoms with van der Waals surface area (Å²) >= 11 is 0. The zero-order valence-electron chi connectivity index (χ0n) is 22.4. The smallest absolute Gasteiger partial charge is 0.244 e. The van der Waals surface area contributed by atoms with Crippen LogP contribution in [0.1, 0.15) is 30.5 Å². The largest absolute Gasteiger partial charge is 0.352 e. The van der Waals surface area contributed by atoms with Crippen molar-refractivity contribution in [2.75, 3.05) is 17.1 Å². The first-order chi connectivity index (χ1) is 18.3. The second-order valence-electron chi connectivity index (χ2n) is 9.74. The first kappa shape index (κ1) is 29.8. The molecule has 0 heterocycles. The number of anilines is 1. The molecule has 10 heteroatoms. The number of benzene rings is 3. The molecule has 0 fully saturated rings. The Morgan fingerprint density at radius 2 is 1.54 bits per heavy atom. The Kier molecular flexibility index (Phi) is 9.80. The van der Waals surface area contributed by atoms with Gasteiger partial charge in [-0.05, 0) is 44.0 Å². The van der Waals surface area contributed by atoms with Gasteiger partial charge in [0.15, 0.2) is 11.6 Å². The van der Waals surface area contributed by atoms with Crippen molar-refractivity contribution in [1.82, 2.24) is 10.2 Å². The molecule has 0 unspecified atom stereocenters. The van der Waals surface area contributed by atoms with E-state index < -0.39 is 46.1 Å². The van der Waals surface area contributed by atoms with E-state index in [2.05, 4.69) is 5.32 Å². The van der Waals surface area contributed by atoms with Crippen molar-refractivity contribution in [2.24, 2.45) is 0 Å². The lowest BCUT2D eigenvalue weighted by molar-refractivity contribution is -0.140. The molecular weight excluding hydrogens is 524 g/mol. The van der Waals surface area contributed by atoms with Crippen molar-refractivity contribution in [3.8, 4) is 0 Å². The van der Waals surface area contributed by atoms with E-state index >= 15 is 0 Å². The Morgan fingerprint density at radius 1 is 0.897 bits per heavy atom. The standard InChI is InChI=1S/C29H33F2N3O4S/c1-20(2)32-29(36)27(16-22-8-6-5-7-9-22)33(18-23-12-10-21(3)11-13-23)28(35)19-34(39(4,37)38)24-14-15-25(30)26(31)17-24/h5-15,17,20,27H,16,18-19H2,1-4H3,(H,32,36)/t27-/m0/s1. The summed E-state index contributed by atoms with van der Waals surface area (Å²) in [7, 11) is -4.08. The van der Waals surface area contributed by atoms with Crippen molar-refractivity contribution in [3.63, 3.8) is 0 Å². The van der Waals surface area contributed by atoms with Crippen LogP contribution < -0.4 is 9.62 Å². The summed E-state index contributed by atoms with van der Waals surface area (Å²) in [4.78, 5) is 28.7. The number of halogens is 2. The zero-order chi connectivity index (χ0) is 28.7. The molecule has 0 saturated heterocycles. The number of hydrogen-bond donors (Lipinski definition) is 1. The Hall–Kier alpha value is -3.79. The first-order valence-corrected chi connectivity index (χ1v) is 14.3. The molecular formula is C29H33F2N3O4S. The number of carbonyl (C=O) groups excluding carboxylic acids is 2. The molecule has 0 aliphatic heterocycles. The number of amides is 2. The van der Waals surface area contributed by atoms with Crippen LogP contribution >= 0.6 is 0 Å². The van der Waals surface area contributed by atoms with Crippen LogP contribution in [0, 0.1) is 18.6 Å². The number of nitrogens with one attached hydrogen (secondary N) is 1. The molecule has 3 aromatic rings. The number of aryl methyl sites for hydroxylation is 1. The van der Waals surface area contributed by atoms with Gasteiger partial charge in [0.05, 0.1) is 11.9 Å². The van der Waals surface area contributed by atoms with Gasteiger partial charge in [-0.1, -0.05) is 60.2 Å². The minimum absolute atomic E-state index is 0.0253. The Labute approximate surface area is 228 Å². The highest BCUT2D eigenvalue weighted by atomic mass is 32.2. The number of nitrogens with zero attached hydrogens (tertiary/aromatic N) is 2. The van der Waals surface area contributed by atoms with Crippen molar-refractivity contribution in [2.45, 2.75) is 45.8 Å². The van der Waals surface area contributed by atoms with Crippen LogP contribution in [0.15, 0.2) is 72.8 Å². The summed E-state index contributed by atoms with van der Waals surface area (Å²) in [6.45, 7) is 4.84. The van der Waals surface area contributed by atoms with Crippen molar-refractivity contribution >= 4 is 27.5 Å². The van der Waals surface area contributed by atoms with Gasteiger partial charge in [0.25, 0.3) is 0 Å². The van der Waals surface area contributed by atoms with Crippen LogP contribution in [0.2, 0.25) is 0 Å². The summed E-state index contributed by atoms with van der Waals surface area (Å²) in [6.07, 6.45) is 1.06. The van der Waals surface area contributed by atoms with Gasteiger partial charge < -0.3 is 10.2 Å².